The van der Waals surface area contributed by atoms with Crippen LogP contribution < -0.4 is 5.48 Å². The molecule has 8 heavy (non-hydrogen) atoms. The van der Waals surface area contributed by atoms with Gasteiger partial charge in [0.25, 0.3) is 0 Å². The standard InChI is InChI=1S/C4H7N3O/c8-7-4-3-5-1-2-6-4/h3,8H,1-2H2,(H,6,7). The zero-order valence-corrected chi connectivity index (χ0v) is 4.33. The predicted octanol–water partition coefficient (Wildman–Crippen LogP) is -0.552. The Bertz CT molecular complexity index is 129. The van der Waals surface area contributed by atoms with Crippen molar-refractivity contribution in [3.05, 3.63) is 0 Å². The molecule has 0 saturated heterocycles. The Balaban J connectivity index is 2.51. The number of nitrogens with one attached hydrogen (secondary N) is 1. The first-order valence-corrected chi connectivity index (χ1v) is 2.38. The number of hydrogen-bond donors (Lipinski definition) is 2. The van der Waals surface area contributed by atoms with Crippen molar-refractivity contribution in [2.24, 2.45) is 9.98 Å². The van der Waals surface area contributed by atoms with Gasteiger partial charge in [-0.3, -0.25) is 20.7 Å². The van der Waals surface area contributed by atoms with Gasteiger partial charge in [-0.05, 0) is 0 Å². The van der Waals surface area contributed by atoms with Crippen molar-refractivity contribution >= 4 is 12.1 Å². The average molecular weight is 113 g/mol. The summed E-state index contributed by atoms with van der Waals surface area (Å²) in [5.41, 5.74) is 1.90. The molecule has 0 bridgehead atoms. The summed E-state index contributed by atoms with van der Waals surface area (Å²) in [6, 6.07) is 0. The molecule has 0 unspecified atom stereocenters. The zero-order valence-electron chi connectivity index (χ0n) is 4.33. The quantitative estimate of drug-likeness (QED) is 0.414. The SMILES string of the molecule is ONC1=NCCN=C1. The molecule has 0 aromatic heterocycles. The van der Waals surface area contributed by atoms with Crippen LogP contribution in [0.25, 0.3) is 0 Å². The highest BCUT2D eigenvalue weighted by atomic mass is 16.5. The third-order valence-corrected chi connectivity index (χ3v) is 0.839. The maximum absolute atomic E-state index is 8.22. The summed E-state index contributed by atoms with van der Waals surface area (Å²) in [4.78, 5) is 7.71. The molecule has 1 aliphatic heterocycles. The lowest BCUT2D eigenvalue weighted by Gasteiger charge is -2.00. The Morgan fingerprint density at radius 3 is 2.88 bits per heavy atom. The summed E-state index contributed by atoms with van der Waals surface area (Å²) in [6.07, 6.45) is 1.50. The molecule has 4 heteroatoms. The zero-order chi connectivity index (χ0) is 5.82. The smallest absolute Gasteiger partial charge is 0.163 e. The van der Waals surface area contributed by atoms with E-state index in [-0.39, 0.29) is 0 Å². The van der Waals surface area contributed by atoms with Gasteiger partial charge in [-0.2, -0.15) is 0 Å². The fourth-order valence-corrected chi connectivity index (χ4v) is 0.484. The van der Waals surface area contributed by atoms with Crippen LogP contribution in [-0.4, -0.2) is 30.3 Å². The van der Waals surface area contributed by atoms with Crippen LogP contribution in [0.15, 0.2) is 9.98 Å². The van der Waals surface area contributed by atoms with Gasteiger partial charge < -0.3 is 0 Å². The molecule has 1 aliphatic rings. The molecule has 0 spiro atoms. The van der Waals surface area contributed by atoms with E-state index >= 15 is 0 Å². The molecule has 0 aromatic rings. The monoisotopic (exact) mass is 113 g/mol. The number of aliphatic imine (C=N–C) groups is 2. The largest absolute Gasteiger partial charge is 0.290 e. The van der Waals surface area contributed by atoms with Crippen molar-refractivity contribution in [3.8, 4) is 0 Å². The second kappa shape index (κ2) is 2.42. The van der Waals surface area contributed by atoms with Gasteiger partial charge in [0.05, 0.1) is 19.3 Å². The van der Waals surface area contributed by atoms with Crippen molar-refractivity contribution in [2.75, 3.05) is 13.1 Å². The molecule has 1 rings (SSSR count). The molecular weight excluding hydrogens is 106 g/mol. The second-order valence-electron chi connectivity index (χ2n) is 1.41. The van der Waals surface area contributed by atoms with E-state index in [1.807, 2.05) is 5.48 Å². The van der Waals surface area contributed by atoms with Gasteiger partial charge in [-0.15, -0.1) is 0 Å². The molecule has 0 radical (unpaired) electrons. The number of rotatable bonds is 0. The molecule has 0 aliphatic carbocycles. The molecule has 0 atom stereocenters. The second-order valence-corrected chi connectivity index (χ2v) is 1.41. The summed E-state index contributed by atoms with van der Waals surface area (Å²) < 4.78 is 0. The molecule has 0 amide bonds. The fourth-order valence-electron chi connectivity index (χ4n) is 0.484. The maximum atomic E-state index is 8.22. The first-order valence-electron chi connectivity index (χ1n) is 2.38. The van der Waals surface area contributed by atoms with Crippen LogP contribution in [0, 0.1) is 0 Å². The Kier molecular flexibility index (Phi) is 1.58. The topological polar surface area (TPSA) is 57.0 Å². The van der Waals surface area contributed by atoms with E-state index in [1.165, 1.54) is 6.21 Å². The highest BCUT2D eigenvalue weighted by Crippen LogP contribution is 1.80. The van der Waals surface area contributed by atoms with Crippen LogP contribution in [0.3, 0.4) is 0 Å². The van der Waals surface area contributed by atoms with E-state index in [1.54, 1.807) is 0 Å². The lowest BCUT2D eigenvalue weighted by molar-refractivity contribution is 0.236. The highest BCUT2D eigenvalue weighted by Gasteiger charge is 1.93. The number of hydroxylamine groups is 1. The molecule has 1 heterocycles. The van der Waals surface area contributed by atoms with Gasteiger partial charge in [0.1, 0.15) is 0 Å². The van der Waals surface area contributed by atoms with E-state index in [0.717, 1.165) is 6.54 Å². The van der Waals surface area contributed by atoms with Crippen LogP contribution in [0.1, 0.15) is 0 Å². The van der Waals surface area contributed by atoms with Gasteiger partial charge in [-0.25, -0.2) is 0 Å². The summed E-state index contributed by atoms with van der Waals surface area (Å²) in [7, 11) is 0. The Morgan fingerprint density at radius 2 is 2.50 bits per heavy atom. The predicted molar refractivity (Wildman–Crippen MR) is 30.6 cm³/mol. The van der Waals surface area contributed by atoms with Crippen LogP contribution >= 0.6 is 0 Å². The van der Waals surface area contributed by atoms with Crippen molar-refractivity contribution in [1.82, 2.24) is 5.48 Å². The number of nitrogens with zero attached hydrogens (tertiary/aromatic N) is 2. The van der Waals surface area contributed by atoms with Crippen LogP contribution in [0.2, 0.25) is 0 Å². The molecular formula is C4H7N3O. The van der Waals surface area contributed by atoms with Gasteiger partial charge >= 0.3 is 0 Å². The van der Waals surface area contributed by atoms with Gasteiger partial charge in [0.2, 0.25) is 0 Å². The van der Waals surface area contributed by atoms with E-state index < -0.39 is 0 Å². The van der Waals surface area contributed by atoms with E-state index in [2.05, 4.69) is 9.98 Å². The lowest BCUT2D eigenvalue weighted by Crippen LogP contribution is -2.23. The Labute approximate surface area is 46.9 Å². The first kappa shape index (κ1) is 5.24. The van der Waals surface area contributed by atoms with Gasteiger partial charge in [-0.1, -0.05) is 0 Å². The minimum absolute atomic E-state index is 0.441. The number of hydrogen-bond acceptors (Lipinski definition) is 4. The van der Waals surface area contributed by atoms with Gasteiger partial charge in [0.15, 0.2) is 5.84 Å². The highest BCUT2D eigenvalue weighted by molar-refractivity contribution is 6.29. The maximum Gasteiger partial charge on any atom is 0.163 e. The summed E-state index contributed by atoms with van der Waals surface area (Å²) in [6.45, 7) is 1.39. The van der Waals surface area contributed by atoms with Crippen LogP contribution in [0.5, 0.6) is 0 Å². The third kappa shape index (κ3) is 1.04. The van der Waals surface area contributed by atoms with Crippen molar-refractivity contribution in [3.63, 3.8) is 0 Å². The third-order valence-electron chi connectivity index (χ3n) is 0.839. The van der Waals surface area contributed by atoms with Crippen LogP contribution in [0.4, 0.5) is 0 Å². The molecule has 0 aromatic carbocycles. The van der Waals surface area contributed by atoms with Gasteiger partial charge in [0, 0.05) is 0 Å². The summed E-state index contributed by atoms with van der Waals surface area (Å²) in [5.74, 6) is 0.441. The Morgan fingerprint density at radius 1 is 1.62 bits per heavy atom. The normalized spacial score (nSPS) is 17.9. The van der Waals surface area contributed by atoms with E-state index in [0.29, 0.717) is 12.4 Å². The van der Waals surface area contributed by atoms with Crippen molar-refractivity contribution < 1.29 is 5.21 Å². The molecule has 4 nitrogen and oxygen atoms in total. The molecule has 44 valence electrons. The Hall–Kier alpha value is -0.900. The minimum Gasteiger partial charge on any atom is -0.290 e. The lowest BCUT2D eigenvalue weighted by atomic mass is 10.5. The fraction of sp³-hybridized carbons (Fsp3) is 0.500. The minimum atomic E-state index is 0.441. The first-order chi connectivity index (χ1) is 3.93. The van der Waals surface area contributed by atoms with Crippen molar-refractivity contribution in [2.45, 2.75) is 0 Å². The van der Waals surface area contributed by atoms with E-state index in [4.69, 9.17) is 5.21 Å². The molecule has 0 fully saturated rings. The van der Waals surface area contributed by atoms with Crippen molar-refractivity contribution in [1.29, 1.82) is 0 Å². The number of amidine groups is 1. The molecule has 0 saturated carbocycles. The average Bonchev–Trinajstić information content (AvgIpc) is 1.90. The summed E-state index contributed by atoms with van der Waals surface area (Å²) in [5, 5.41) is 8.22. The molecule has 2 N–H and O–H groups in total. The van der Waals surface area contributed by atoms with Crippen LogP contribution in [-0.2, 0) is 0 Å². The summed E-state index contributed by atoms with van der Waals surface area (Å²) >= 11 is 0. The van der Waals surface area contributed by atoms with E-state index in [9.17, 15) is 0 Å².